The van der Waals surface area contributed by atoms with Crippen molar-refractivity contribution in [1.82, 2.24) is 14.6 Å². The zero-order chi connectivity index (χ0) is 27.4. The van der Waals surface area contributed by atoms with Crippen molar-refractivity contribution in [1.29, 1.82) is 0 Å². The second kappa shape index (κ2) is 9.37. The number of carbonyl (C=O) groups excluding carboxylic acids is 1. The first-order chi connectivity index (χ1) is 17.1. The number of aromatic nitrogens is 2. The lowest BCUT2D eigenvalue weighted by Crippen LogP contribution is -2.50. The minimum absolute atomic E-state index is 0.0499. The number of fused-ring (bicyclic) bond motifs is 1. The molecule has 1 aromatic carbocycles. The number of ether oxygens (including phenoxy) is 2. The van der Waals surface area contributed by atoms with Crippen molar-refractivity contribution in [2.45, 2.75) is 55.1 Å². The molecule has 4 rings (SSSR count). The maximum absolute atomic E-state index is 13.9. The van der Waals surface area contributed by atoms with Gasteiger partial charge >= 0.3 is 19.4 Å². The van der Waals surface area contributed by atoms with Gasteiger partial charge in [-0.05, 0) is 32.9 Å². The number of aromatic amines is 1. The largest absolute Gasteiger partial charge is 0.465 e. The van der Waals surface area contributed by atoms with E-state index in [-0.39, 0.29) is 12.4 Å². The van der Waals surface area contributed by atoms with Crippen molar-refractivity contribution in [3.8, 4) is 5.75 Å². The van der Waals surface area contributed by atoms with E-state index in [1.165, 1.54) is 33.8 Å². The number of nitrogens with zero attached hydrogens (tertiary/aromatic N) is 1. The topological polar surface area (TPSA) is 158 Å². The van der Waals surface area contributed by atoms with Crippen LogP contribution in [0.3, 0.4) is 0 Å². The molecule has 2 aromatic rings. The summed E-state index contributed by atoms with van der Waals surface area (Å²) in [5.41, 5.74) is -5.01. The molecule has 2 heterocycles. The number of hydrogen-bond donors (Lipinski definition) is 3. The summed E-state index contributed by atoms with van der Waals surface area (Å²) in [6.07, 6.45) is -2.57. The third kappa shape index (κ3) is 4.89. The number of benzene rings is 1. The van der Waals surface area contributed by atoms with E-state index in [4.69, 9.17) is 30.1 Å². The maximum atomic E-state index is 13.9. The second-order valence-corrected chi connectivity index (χ2v) is 11.8. The van der Waals surface area contributed by atoms with E-state index < -0.39 is 65.1 Å². The fourth-order valence-corrected chi connectivity index (χ4v) is 6.42. The van der Waals surface area contributed by atoms with Crippen LogP contribution in [0.2, 0.25) is 0 Å². The third-order valence-electron chi connectivity index (χ3n) is 6.14. The zero-order valence-corrected chi connectivity index (χ0v) is 21.9. The van der Waals surface area contributed by atoms with Crippen LogP contribution in [0, 0.1) is 5.82 Å². The van der Waals surface area contributed by atoms with E-state index in [1.807, 2.05) is 0 Å². The minimum atomic E-state index is -4.55. The van der Waals surface area contributed by atoms with Crippen molar-refractivity contribution < 1.29 is 37.4 Å². The lowest BCUT2D eigenvalue weighted by atomic mass is 9.78. The van der Waals surface area contributed by atoms with Crippen molar-refractivity contribution >= 4 is 33.2 Å². The maximum Gasteiger partial charge on any atom is 0.460 e. The average molecular weight is 560 g/mol. The minimum Gasteiger partial charge on any atom is -0.465 e. The predicted octanol–water partition coefficient (Wildman–Crippen LogP) is 0.390. The Hall–Kier alpha value is -2.48. The fraction of sp³-hybridized carbons (Fsp3) is 0.476. The molecule has 1 saturated carbocycles. The van der Waals surface area contributed by atoms with Crippen LogP contribution in [0.15, 0.2) is 46.1 Å². The van der Waals surface area contributed by atoms with Gasteiger partial charge in [-0.3, -0.25) is 23.7 Å². The number of nitrogens with one attached hydrogen (secondary N) is 2. The number of hydrogen-bond acceptors (Lipinski definition) is 9. The van der Waals surface area contributed by atoms with Gasteiger partial charge in [0.15, 0.2) is 6.23 Å². The number of esters is 1. The standard InChI is InChI=1S/C21H25BClFN3O9P/c1-4-33-17(29)19(2,3)26-37(32,35-12-7-5-6-11(24)10-12)36-15-14-20(15,31)21(22,23)16(34-14)27-9-8-13(28)25-18(27)30/h5-10,14-16,31H,4,22H2,1-3H3,(H,26,32)(H,25,28,30)/t14-,15?,16-,20+,21-,37?/m1/s1. The number of rotatable bonds is 9. The molecule has 0 bridgehead atoms. The number of halogens is 2. The lowest BCUT2D eigenvalue weighted by Gasteiger charge is -2.34. The highest BCUT2D eigenvalue weighted by molar-refractivity contribution is 7.52. The summed E-state index contributed by atoms with van der Waals surface area (Å²) >= 11 is 6.66. The zero-order valence-electron chi connectivity index (χ0n) is 20.3. The normalized spacial score (nSPS) is 30.3. The van der Waals surface area contributed by atoms with Crippen molar-refractivity contribution in [2.24, 2.45) is 0 Å². The molecule has 16 heteroatoms. The Bertz CT molecular complexity index is 1390. The highest BCUT2D eigenvalue weighted by atomic mass is 35.5. The van der Waals surface area contributed by atoms with Crippen LogP contribution in [-0.4, -0.2) is 63.2 Å². The summed E-state index contributed by atoms with van der Waals surface area (Å²) in [7, 11) is -3.16. The number of aliphatic hydroxyl groups is 1. The molecule has 2 aliphatic rings. The van der Waals surface area contributed by atoms with Gasteiger partial charge in [0.1, 0.15) is 42.8 Å². The first-order valence-corrected chi connectivity index (χ1v) is 13.1. The molecule has 1 aliphatic heterocycles. The molecule has 12 nitrogen and oxygen atoms in total. The van der Waals surface area contributed by atoms with Crippen LogP contribution in [0.1, 0.15) is 27.0 Å². The van der Waals surface area contributed by atoms with Gasteiger partial charge in [-0.15, -0.1) is 11.6 Å². The SMILES string of the molecule is B[C@@]1(Cl)[C@H](n2ccc(=O)[nH]c2=O)O[C@@H]2C(OP(=O)(NC(C)(C)C(=O)OCC)Oc3cccc(F)c3)[C@@]21O. The number of carbonyl (C=O) groups is 1. The summed E-state index contributed by atoms with van der Waals surface area (Å²) in [6, 6.07) is 5.83. The lowest BCUT2D eigenvalue weighted by molar-refractivity contribution is -0.149. The molecule has 6 atom stereocenters. The summed E-state index contributed by atoms with van der Waals surface area (Å²) in [6.45, 7) is 4.39. The van der Waals surface area contributed by atoms with Crippen molar-refractivity contribution in [3.63, 3.8) is 0 Å². The van der Waals surface area contributed by atoms with Gasteiger partial charge in [-0.2, -0.15) is 5.09 Å². The Morgan fingerprint density at radius 3 is 2.68 bits per heavy atom. The van der Waals surface area contributed by atoms with Gasteiger partial charge in [-0.25, -0.2) is 13.8 Å². The van der Waals surface area contributed by atoms with Gasteiger partial charge in [0.25, 0.3) is 5.56 Å². The Morgan fingerprint density at radius 1 is 1.41 bits per heavy atom. The first kappa shape index (κ1) is 27.6. The second-order valence-electron chi connectivity index (χ2n) is 9.36. The van der Waals surface area contributed by atoms with Gasteiger partial charge in [0.05, 0.1) is 11.4 Å². The molecule has 1 saturated heterocycles. The van der Waals surface area contributed by atoms with Gasteiger partial charge in [0, 0.05) is 18.3 Å². The molecular formula is C21H25BClFN3O9P. The third-order valence-corrected chi connectivity index (χ3v) is 8.41. The quantitative estimate of drug-likeness (QED) is 0.170. The summed E-state index contributed by atoms with van der Waals surface area (Å²) in [4.78, 5) is 38.2. The van der Waals surface area contributed by atoms with Gasteiger partial charge in [0.2, 0.25) is 0 Å². The summed E-state index contributed by atoms with van der Waals surface area (Å²) < 4.78 is 48.9. The van der Waals surface area contributed by atoms with Crippen LogP contribution >= 0.6 is 19.3 Å². The molecule has 1 aromatic heterocycles. The average Bonchev–Trinajstić information content (AvgIpc) is 3.26. The summed E-state index contributed by atoms with van der Waals surface area (Å²) in [5, 5.41) is 13.9. The Balaban J connectivity index is 1.62. The number of alkyl halides is 1. The van der Waals surface area contributed by atoms with E-state index in [1.54, 1.807) is 6.92 Å². The molecule has 0 radical (unpaired) electrons. The summed E-state index contributed by atoms with van der Waals surface area (Å²) in [5.74, 6) is -1.63. The fourth-order valence-electron chi connectivity index (χ4n) is 4.17. The van der Waals surface area contributed by atoms with Crippen LogP contribution in [0.25, 0.3) is 0 Å². The first-order valence-electron chi connectivity index (χ1n) is 11.2. The highest BCUT2D eigenvalue weighted by Gasteiger charge is 2.83. The molecule has 1 aliphatic carbocycles. The Labute approximate surface area is 216 Å². The molecule has 2 unspecified atom stereocenters. The molecule has 2 fully saturated rings. The molecule has 37 heavy (non-hydrogen) atoms. The molecule has 0 spiro atoms. The number of H-pyrrole nitrogens is 1. The van der Waals surface area contributed by atoms with Gasteiger partial charge in [-0.1, -0.05) is 6.07 Å². The Morgan fingerprint density at radius 2 is 2.11 bits per heavy atom. The molecule has 200 valence electrons. The van der Waals surface area contributed by atoms with Crippen LogP contribution in [0.5, 0.6) is 5.75 Å². The van der Waals surface area contributed by atoms with Crippen LogP contribution in [0.4, 0.5) is 4.39 Å². The van der Waals surface area contributed by atoms with Gasteiger partial charge < -0.3 is 19.1 Å². The van der Waals surface area contributed by atoms with E-state index in [0.29, 0.717) is 0 Å². The molecule has 3 N–H and O–H groups in total. The smallest absolute Gasteiger partial charge is 0.460 e. The highest BCUT2D eigenvalue weighted by Crippen LogP contribution is 2.66. The van der Waals surface area contributed by atoms with E-state index >= 15 is 0 Å². The predicted molar refractivity (Wildman–Crippen MR) is 131 cm³/mol. The molecular weight excluding hydrogens is 534 g/mol. The van der Waals surface area contributed by atoms with Crippen molar-refractivity contribution in [3.05, 3.63) is 63.2 Å². The van der Waals surface area contributed by atoms with E-state index in [0.717, 1.165) is 29.0 Å². The van der Waals surface area contributed by atoms with Crippen LogP contribution < -0.4 is 20.9 Å². The van der Waals surface area contributed by atoms with E-state index in [9.17, 15) is 28.4 Å². The van der Waals surface area contributed by atoms with Crippen LogP contribution in [-0.2, 0) is 23.4 Å². The van der Waals surface area contributed by atoms with E-state index in [2.05, 4.69) is 10.1 Å². The molecule has 0 amide bonds. The monoisotopic (exact) mass is 559 g/mol. The Kier molecular flexibility index (Phi) is 6.98. The van der Waals surface area contributed by atoms with Crippen molar-refractivity contribution in [2.75, 3.05) is 6.61 Å².